The minimum atomic E-state index is -4.36. The Bertz CT molecular complexity index is 1160. The SMILES string of the molecule is N#CCC1CCC(N2CC(OCc3ccccc3)(C(F)(F)F)C2)CC1.NC(=O)c1cn[nH]c1NC(=O)C1CC1. The number of aromatic amines is 1. The maximum absolute atomic E-state index is 13.6. The Morgan fingerprint density at radius 3 is 2.38 bits per heavy atom. The van der Waals surface area contributed by atoms with Gasteiger partial charge < -0.3 is 15.8 Å². The standard InChI is InChI=1S/C19H23F3N2O.C8H10N4O2/c20-19(21,22)18(25-12-16-4-2-1-3-5-16)13-24(14-18)17-8-6-15(7-9-17)10-11-23;9-6(13)5-3-10-12-7(5)11-8(14)4-1-2-4/h1-5,15,17H,6-10,12-14H2;3-4H,1-2H2,(H2,9,13)(H2,10,11,12,14). The number of carbonyl (C=O) groups excluding carboxylic acids is 2. The van der Waals surface area contributed by atoms with Gasteiger partial charge in [-0.1, -0.05) is 30.3 Å². The van der Waals surface area contributed by atoms with Crippen molar-refractivity contribution in [2.75, 3.05) is 18.4 Å². The number of hydrogen-bond acceptors (Lipinski definition) is 6. The zero-order chi connectivity index (χ0) is 28.0. The number of primary amides is 1. The molecule has 2 aliphatic carbocycles. The van der Waals surface area contributed by atoms with E-state index in [1.807, 2.05) is 11.0 Å². The van der Waals surface area contributed by atoms with E-state index in [1.165, 1.54) is 6.20 Å². The molecule has 0 radical (unpaired) electrons. The predicted molar refractivity (Wildman–Crippen MR) is 136 cm³/mol. The van der Waals surface area contributed by atoms with Crippen LogP contribution in [0.3, 0.4) is 0 Å². The lowest BCUT2D eigenvalue weighted by Crippen LogP contribution is -2.72. The molecular formula is C27H33F3N6O3. The summed E-state index contributed by atoms with van der Waals surface area (Å²) in [5, 5.41) is 17.5. The number of nitrogens with two attached hydrogens (primary N) is 1. The van der Waals surface area contributed by atoms with Gasteiger partial charge in [0.05, 0.1) is 18.9 Å². The zero-order valence-corrected chi connectivity index (χ0v) is 21.5. The van der Waals surface area contributed by atoms with Crippen LogP contribution in [0.25, 0.3) is 0 Å². The van der Waals surface area contributed by atoms with Crippen LogP contribution in [0.1, 0.15) is 60.9 Å². The molecule has 2 saturated carbocycles. The molecule has 0 bridgehead atoms. The number of nitrogens with one attached hydrogen (secondary N) is 2. The lowest BCUT2D eigenvalue weighted by atomic mass is 9.80. The highest BCUT2D eigenvalue weighted by Crippen LogP contribution is 2.44. The molecule has 1 aliphatic heterocycles. The second-order valence-corrected chi connectivity index (χ2v) is 10.5. The summed E-state index contributed by atoms with van der Waals surface area (Å²) in [4.78, 5) is 24.1. The van der Waals surface area contributed by atoms with Gasteiger partial charge in [0, 0.05) is 31.5 Å². The summed E-state index contributed by atoms with van der Waals surface area (Å²) < 4.78 is 46.1. The number of alkyl halides is 3. The second-order valence-electron chi connectivity index (χ2n) is 10.5. The Morgan fingerprint density at radius 2 is 1.82 bits per heavy atom. The van der Waals surface area contributed by atoms with Gasteiger partial charge in [-0.3, -0.25) is 19.6 Å². The van der Waals surface area contributed by atoms with Gasteiger partial charge in [0.15, 0.2) is 5.60 Å². The third kappa shape index (κ3) is 7.16. The van der Waals surface area contributed by atoms with Crippen LogP contribution >= 0.6 is 0 Å². The molecule has 4 N–H and O–H groups in total. The van der Waals surface area contributed by atoms with Gasteiger partial charge in [0.1, 0.15) is 11.4 Å². The van der Waals surface area contributed by atoms with Crippen molar-refractivity contribution in [3.05, 3.63) is 47.7 Å². The molecule has 3 aliphatic rings. The Kier molecular flexibility index (Phi) is 8.92. The van der Waals surface area contributed by atoms with Crippen LogP contribution in [0, 0.1) is 23.2 Å². The van der Waals surface area contributed by atoms with E-state index in [-0.39, 0.29) is 48.9 Å². The van der Waals surface area contributed by atoms with E-state index in [2.05, 4.69) is 21.6 Å². The van der Waals surface area contributed by atoms with Crippen molar-refractivity contribution in [1.82, 2.24) is 15.1 Å². The lowest BCUT2D eigenvalue weighted by molar-refractivity contribution is -0.327. The van der Waals surface area contributed by atoms with E-state index in [0.717, 1.165) is 44.1 Å². The van der Waals surface area contributed by atoms with Crippen LogP contribution in [-0.4, -0.2) is 57.8 Å². The van der Waals surface area contributed by atoms with E-state index in [9.17, 15) is 22.8 Å². The third-order valence-electron chi connectivity index (χ3n) is 7.61. The fraction of sp³-hybridized carbons (Fsp3) is 0.556. The number of nitriles is 1. The molecule has 1 aromatic carbocycles. The minimum Gasteiger partial charge on any atom is -0.365 e. The van der Waals surface area contributed by atoms with Gasteiger partial charge in [-0.25, -0.2) is 0 Å². The first kappa shape index (κ1) is 28.6. The summed E-state index contributed by atoms with van der Waals surface area (Å²) >= 11 is 0. The number of likely N-dealkylation sites (tertiary alicyclic amines) is 1. The number of amides is 2. The Labute approximate surface area is 224 Å². The van der Waals surface area contributed by atoms with E-state index >= 15 is 0 Å². The number of hydrogen-bond donors (Lipinski definition) is 3. The third-order valence-corrected chi connectivity index (χ3v) is 7.61. The van der Waals surface area contributed by atoms with Crippen LogP contribution in [0.2, 0.25) is 0 Å². The lowest BCUT2D eigenvalue weighted by Gasteiger charge is -2.54. The Morgan fingerprint density at radius 1 is 1.15 bits per heavy atom. The molecule has 0 unspecified atom stereocenters. The smallest absolute Gasteiger partial charge is 0.365 e. The molecular weight excluding hydrogens is 513 g/mol. The summed E-state index contributed by atoms with van der Waals surface area (Å²) in [5.41, 5.74) is 3.99. The van der Waals surface area contributed by atoms with Crippen molar-refractivity contribution in [2.45, 2.75) is 69.4 Å². The van der Waals surface area contributed by atoms with Gasteiger partial charge in [0.25, 0.3) is 5.91 Å². The molecule has 0 spiro atoms. The van der Waals surface area contributed by atoms with E-state index in [4.69, 9.17) is 15.7 Å². The highest BCUT2D eigenvalue weighted by molar-refractivity contribution is 6.02. The van der Waals surface area contributed by atoms with Crippen LogP contribution < -0.4 is 11.1 Å². The van der Waals surface area contributed by atoms with E-state index in [1.54, 1.807) is 24.3 Å². The molecule has 3 fully saturated rings. The number of H-pyrrole nitrogens is 1. The molecule has 9 nitrogen and oxygen atoms in total. The average molecular weight is 547 g/mol. The van der Waals surface area contributed by atoms with Gasteiger partial charge >= 0.3 is 6.18 Å². The first-order valence-electron chi connectivity index (χ1n) is 13.1. The fourth-order valence-electron chi connectivity index (χ4n) is 5.00. The molecule has 1 saturated heterocycles. The van der Waals surface area contributed by atoms with Crippen LogP contribution in [0.15, 0.2) is 36.5 Å². The zero-order valence-electron chi connectivity index (χ0n) is 21.5. The molecule has 210 valence electrons. The van der Waals surface area contributed by atoms with Crippen LogP contribution in [0.4, 0.5) is 19.0 Å². The van der Waals surface area contributed by atoms with Crippen LogP contribution in [-0.2, 0) is 16.1 Å². The van der Waals surface area contributed by atoms with Gasteiger partial charge in [0.2, 0.25) is 5.91 Å². The topological polar surface area (TPSA) is 137 Å². The Hall–Kier alpha value is -3.43. The van der Waals surface area contributed by atoms with Crippen molar-refractivity contribution >= 4 is 17.6 Å². The quantitative estimate of drug-likeness (QED) is 0.455. The number of ether oxygens (including phenoxy) is 1. The van der Waals surface area contributed by atoms with E-state index in [0.29, 0.717) is 12.3 Å². The molecule has 0 atom stereocenters. The maximum Gasteiger partial charge on any atom is 0.419 e. The number of halogens is 3. The van der Waals surface area contributed by atoms with Gasteiger partial charge in [-0.2, -0.15) is 23.5 Å². The van der Waals surface area contributed by atoms with Crippen LogP contribution in [0.5, 0.6) is 0 Å². The molecule has 1 aromatic heterocycles. The number of aromatic nitrogens is 2. The molecule has 39 heavy (non-hydrogen) atoms. The molecule has 5 rings (SSSR count). The number of anilines is 1. The molecule has 2 amide bonds. The minimum absolute atomic E-state index is 0.0247. The Balaban J connectivity index is 0.000000212. The summed E-state index contributed by atoms with van der Waals surface area (Å²) in [6, 6.07) is 11.4. The first-order valence-corrected chi connectivity index (χ1v) is 13.1. The van der Waals surface area contributed by atoms with Crippen molar-refractivity contribution in [2.24, 2.45) is 17.6 Å². The monoisotopic (exact) mass is 546 g/mol. The number of rotatable bonds is 8. The fourth-order valence-corrected chi connectivity index (χ4v) is 5.00. The predicted octanol–water partition coefficient (Wildman–Crippen LogP) is 4.15. The molecule has 12 heteroatoms. The first-order chi connectivity index (χ1) is 18.6. The highest BCUT2D eigenvalue weighted by Gasteiger charge is 2.64. The molecule has 2 aromatic rings. The molecule has 2 heterocycles. The maximum atomic E-state index is 13.6. The number of benzene rings is 1. The van der Waals surface area contributed by atoms with Gasteiger partial charge in [-0.15, -0.1) is 0 Å². The highest BCUT2D eigenvalue weighted by atomic mass is 19.4. The summed E-state index contributed by atoms with van der Waals surface area (Å²) in [6.45, 7) is -0.197. The average Bonchev–Trinajstić information content (AvgIpc) is 3.63. The second kappa shape index (κ2) is 12.2. The van der Waals surface area contributed by atoms with Crippen molar-refractivity contribution < 1.29 is 27.5 Å². The van der Waals surface area contributed by atoms with Crippen molar-refractivity contribution in [1.29, 1.82) is 5.26 Å². The summed E-state index contributed by atoms with van der Waals surface area (Å²) in [6.07, 6.45) is 2.91. The van der Waals surface area contributed by atoms with Crippen molar-refractivity contribution in [3.63, 3.8) is 0 Å². The normalized spacial score (nSPS) is 22.5. The number of carbonyl (C=O) groups is 2. The van der Waals surface area contributed by atoms with Gasteiger partial charge in [-0.05, 0) is 50.0 Å². The summed E-state index contributed by atoms with van der Waals surface area (Å²) in [5.74, 6) is 0.0826. The van der Waals surface area contributed by atoms with Crippen molar-refractivity contribution in [3.8, 4) is 6.07 Å². The number of nitrogens with zero attached hydrogens (tertiary/aromatic N) is 3. The summed E-state index contributed by atoms with van der Waals surface area (Å²) in [7, 11) is 0. The van der Waals surface area contributed by atoms with E-state index < -0.39 is 17.7 Å². The largest absolute Gasteiger partial charge is 0.419 e.